The van der Waals surface area contributed by atoms with Crippen LogP contribution in [0.2, 0.25) is 0 Å². The Morgan fingerprint density at radius 2 is 1.92 bits per heavy atom. The summed E-state index contributed by atoms with van der Waals surface area (Å²) < 4.78 is 7.39. The highest BCUT2D eigenvalue weighted by Gasteiger charge is 2.21. The molecule has 0 atom stereocenters. The quantitative estimate of drug-likeness (QED) is 0.702. The summed E-state index contributed by atoms with van der Waals surface area (Å²) in [5, 5.41) is 8.84. The van der Waals surface area contributed by atoms with E-state index in [1.807, 2.05) is 24.3 Å². The van der Waals surface area contributed by atoms with Gasteiger partial charge in [-0.05, 0) is 47.0 Å². The molecule has 1 fully saturated rings. The van der Waals surface area contributed by atoms with Crippen molar-refractivity contribution in [2.24, 2.45) is 0 Å². The number of nitrogens with one attached hydrogen (secondary N) is 1. The summed E-state index contributed by atoms with van der Waals surface area (Å²) in [5.41, 5.74) is 0.628. The van der Waals surface area contributed by atoms with Crippen molar-refractivity contribution >= 4 is 32.6 Å². The van der Waals surface area contributed by atoms with E-state index in [-0.39, 0.29) is 29.8 Å². The van der Waals surface area contributed by atoms with Crippen LogP contribution in [-0.2, 0) is 6.54 Å². The molecule has 26 heavy (non-hydrogen) atoms. The number of aromatic nitrogens is 2. The molecular weight excluding hydrogens is 398 g/mol. The number of carbonyl (C=O) groups excluding carboxylic acids is 1. The van der Waals surface area contributed by atoms with Crippen LogP contribution in [0.4, 0.5) is 0 Å². The normalized spacial score (nSPS) is 14.8. The Balaban J connectivity index is 1.68. The molecule has 1 saturated carbocycles. The lowest BCUT2D eigenvalue weighted by atomic mass is 10.1. The predicted octanol–water partition coefficient (Wildman–Crippen LogP) is 3.80. The molecule has 1 amide bonds. The fraction of sp³-hybridized carbons (Fsp3) is 0.316. The second kappa shape index (κ2) is 7.07. The van der Waals surface area contributed by atoms with Gasteiger partial charge in [0.1, 0.15) is 0 Å². The van der Waals surface area contributed by atoms with Crippen LogP contribution in [0.1, 0.15) is 48.0 Å². The second-order valence-corrected chi connectivity index (χ2v) is 7.25. The van der Waals surface area contributed by atoms with Gasteiger partial charge in [-0.2, -0.15) is 5.10 Å². The zero-order chi connectivity index (χ0) is 18.1. The first-order valence-corrected chi connectivity index (χ1v) is 9.47. The molecule has 0 bridgehead atoms. The molecule has 1 aliphatic carbocycles. The Kier molecular flexibility index (Phi) is 4.63. The Labute approximate surface area is 158 Å². The number of furan rings is 1. The molecular formula is C19H18BrN3O3. The van der Waals surface area contributed by atoms with Gasteiger partial charge in [-0.15, -0.1) is 0 Å². The molecule has 6 nitrogen and oxygen atoms in total. The highest BCUT2D eigenvalue weighted by Crippen LogP contribution is 2.28. The molecule has 0 saturated heterocycles. The fourth-order valence-electron chi connectivity index (χ4n) is 3.49. The number of nitrogens with zero attached hydrogens (tertiary/aromatic N) is 2. The maximum Gasteiger partial charge on any atom is 0.287 e. The van der Waals surface area contributed by atoms with E-state index < -0.39 is 0 Å². The van der Waals surface area contributed by atoms with Crippen LogP contribution in [0.3, 0.4) is 0 Å². The van der Waals surface area contributed by atoms with Crippen molar-refractivity contribution in [2.45, 2.75) is 38.3 Å². The molecule has 7 heteroatoms. The molecule has 4 rings (SSSR count). The van der Waals surface area contributed by atoms with Gasteiger partial charge in [0.15, 0.2) is 10.4 Å². The first-order valence-electron chi connectivity index (χ1n) is 8.67. The lowest BCUT2D eigenvalue weighted by Gasteiger charge is -2.16. The smallest absolute Gasteiger partial charge is 0.287 e. The number of amides is 1. The standard InChI is InChI=1S/C19H18BrN3O3/c20-17-10-9-16(26-17)18(24)21-11-15-13-7-3-4-8-14(13)19(25)23(22-15)12-5-1-2-6-12/h3-4,7-10,12H,1-2,5-6,11H2,(H,21,24). The van der Waals surface area contributed by atoms with Crippen LogP contribution in [0.15, 0.2) is 50.3 Å². The van der Waals surface area contributed by atoms with Crippen LogP contribution < -0.4 is 10.9 Å². The number of halogens is 1. The maximum atomic E-state index is 12.8. The molecule has 0 unspecified atom stereocenters. The molecule has 0 spiro atoms. The van der Waals surface area contributed by atoms with Crippen molar-refractivity contribution < 1.29 is 9.21 Å². The number of hydrogen-bond donors (Lipinski definition) is 1. The highest BCUT2D eigenvalue weighted by molar-refractivity contribution is 9.10. The Morgan fingerprint density at radius 3 is 2.62 bits per heavy atom. The third-order valence-corrected chi connectivity index (χ3v) is 5.22. The van der Waals surface area contributed by atoms with Crippen LogP contribution in [0.25, 0.3) is 10.8 Å². The molecule has 2 aromatic heterocycles. The third kappa shape index (κ3) is 3.19. The summed E-state index contributed by atoms with van der Waals surface area (Å²) in [5.74, 6) is -0.0921. The van der Waals surface area contributed by atoms with E-state index in [4.69, 9.17) is 4.42 Å². The van der Waals surface area contributed by atoms with E-state index in [9.17, 15) is 9.59 Å². The first-order chi connectivity index (χ1) is 12.6. The molecule has 0 aliphatic heterocycles. The van der Waals surface area contributed by atoms with Crippen LogP contribution in [0.5, 0.6) is 0 Å². The van der Waals surface area contributed by atoms with Gasteiger partial charge in [0, 0.05) is 5.39 Å². The lowest BCUT2D eigenvalue weighted by molar-refractivity contribution is 0.0921. The van der Waals surface area contributed by atoms with E-state index in [0.717, 1.165) is 31.1 Å². The monoisotopic (exact) mass is 415 g/mol. The van der Waals surface area contributed by atoms with E-state index >= 15 is 0 Å². The van der Waals surface area contributed by atoms with Gasteiger partial charge < -0.3 is 9.73 Å². The van der Waals surface area contributed by atoms with Gasteiger partial charge in [-0.1, -0.05) is 31.0 Å². The maximum absolute atomic E-state index is 12.8. The van der Waals surface area contributed by atoms with Gasteiger partial charge in [0.05, 0.1) is 23.7 Å². The Morgan fingerprint density at radius 1 is 1.19 bits per heavy atom. The topological polar surface area (TPSA) is 77.1 Å². The van der Waals surface area contributed by atoms with Crippen LogP contribution >= 0.6 is 15.9 Å². The summed E-state index contributed by atoms with van der Waals surface area (Å²) in [6, 6.07) is 10.8. The first kappa shape index (κ1) is 17.0. The molecule has 1 aliphatic rings. The third-order valence-electron chi connectivity index (χ3n) is 4.79. The number of hydrogen-bond acceptors (Lipinski definition) is 4. The zero-order valence-electron chi connectivity index (χ0n) is 14.1. The number of benzene rings is 1. The minimum atomic E-state index is -0.319. The number of rotatable bonds is 4. The summed E-state index contributed by atoms with van der Waals surface area (Å²) in [4.78, 5) is 25.1. The van der Waals surface area contributed by atoms with Gasteiger partial charge in [-0.25, -0.2) is 4.68 Å². The predicted molar refractivity (Wildman–Crippen MR) is 101 cm³/mol. The van der Waals surface area contributed by atoms with Crippen molar-refractivity contribution in [1.82, 2.24) is 15.1 Å². The second-order valence-electron chi connectivity index (χ2n) is 6.47. The van der Waals surface area contributed by atoms with E-state index in [0.29, 0.717) is 15.7 Å². The molecule has 0 radical (unpaired) electrons. The highest BCUT2D eigenvalue weighted by atomic mass is 79.9. The van der Waals surface area contributed by atoms with E-state index in [1.165, 1.54) is 0 Å². The lowest BCUT2D eigenvalue weighted by Crippen LogP contribution is -2.30. The van der Waals surface area contributed by atoms with Gasteiger partial charge in [0.25, 0.3) is 11.5 Å². The Bertz CT molecular complexity index is 1020. The van der Waals surface area contributed by atoms with Crippen molar-refractivity contribution in [1.29, 1.82) is 0 Å². The van der Waals surface area contributed by atoms with Crippen LogP contribution in [-0.4, -0.2) is 15.7 Å². The molecule has 134 valence electrons. The fourth-order valence-corrected chi connectivity index (χ4v) is 3.79. The van der Waals surface area contributed by atoms with Gasteiger partial charge in [-0.3, -0.25) is 9.59 Å². The molecule has 2 heterocycles. The molecule has 1 aromatic carbocycles. The minimum Gasteiger partial charge on any atom is -0.444 e. The number of fused-ring (bicyclic) bond motifs is 1. The molecule has 1 N–H and O–H groups in total. The molecule has 3 aromatic rings. The van der Waals surface area contributed by atoms with Gasteiger partial charge in [0.2, 0.25) is 0 Å². The average molecular weight is 416 g/mol. The minimum absolute atomic E-state index is 0.0578. The summed E-state index contributed by atoms with van der Waals surface area (Å²) >= 11 is 3.19. The van der Waals surface area contributed by atoms with E-state index in [2.05, 4.69) is 26.3 Å². The van der Waals surface area contributed by atoms with Crippen molar-refractivity contribution in [3.63, 3.8) is 0 Å². The van der Waals surface area contributed by atoms with Gasteiger partial charge >= 0.3 is 0 Å². The zero-order valence-corrected chi connectivity index (χ0v) is 15.7. The summed E-state index contributed by atoms with van der Waals surface area (Å²) in [6.07, 6.45) is 4.17. The van der Waals surface area contributed by atoms with Crippen LogP contribution in [0, 0.1) is 0 Å². The van der Waals surface area contributed by atoms with Crippen molar-refractivity contribution in [3.8, 4) is 0 Å². The Hall–Kier alpha value is -2.41. The average Bonchev–Trinajstić information content (AvgIpc) is 3.33. The van der Waals surface area contributed by atoms with Crippen molar-refractivity contribution in [3.05, 3.63) is 62.9 Å². The van der Waals surface area contributed by atoms with Crippen molar-refractivity contribution in [2.75, 3.05) is 0 Å². The summed E-state index contributed by atoms with van der Waals surface area (Å²) in [6.45, 7) is 0.227. The SMILES string of the molecule is O=C(NCc1nn(C2CCCC2)c(=O)c2ccccc12)c1ccc(Br)o1. The van der Waals surface area contributed by atoms with E-state index in [1.54, 1.807) is 16.8 Å². The number of carbonyl (C=O) groups is 1. The largest absolute Gasteiger partial charge is 0.444 e. The summed E-state index contributed by atoms with van der Waals surface area (Å²) in [7, 11) is 0.